The Bertz CT molecular complexity index is 579. The lowest BCUT2D eigenvalue weighted by Gasteiger charge is -2.56. The maximum atomic E-state index is 10.2. The predicted molar refractivity (Wildman–Crippen MR) is 124 cm³/mol. The summed E-state index contributed by atoms with van der Waals surface area (Å²) in [5, 5.41) is 10.2. The number of hydrogen-bond donors (Lipinski definition) is 1. The lowest BCUT2D eigenvalue weighted by atomic mass is 9.49. The predicted octanol–water partition coefficient (Wildman–Crippen LogP) is 7.49. The van der Waals surface area contributed by atoms with Crippen LogP contribution in [-0.2, 0) is 0 Å². The smallest absolute Gasteiger partial charge is 0.0543 e. The van der Waals surface area contributed by atoms with Gasteiger partial charge in [0.1, 0.15) is 0 Å². The molecule has 4 aliphatic carbocycles. The fraction of sp³-hybridized carbons (Fsp3) is 0.929. The van der Waals surface area contributed by atoms with Crippen LogP contribution in [0.1, 0.15) is 98.8 Å². The number of aliphatic hydroxyl groups excluding tert-OH is 1. The molecule has 0 spiro atoms. The summed E-state index contributed by atoms with van der Waals surface area (Å²) in [7, 11) is 0. The summed E-state index contributed by atoms with van der Waals surface area (Å²) in [6.45, 7) is 12.3. The van der Waals surface area contributed by atoms with Crippen LogP contribution in [0.25, 0.3) is 0 Å². The van der Waals surface area contributed by atoms with E-state index in [4.69, 9.17) is 0 Å². The highest BCUT2D eigenvalue weighted by molar-refractivity contribution is 5.09. The van der Waals surface area contributed by atoms with Gasteiger partial charge in [-0.1, -0.05) is 46.8 Å². The van der Waals surface area contributed by atoms with Crippen LogP contribution >= 0.6 is 0 Å². The van der Waals surface area contributed by atoms with Crippen LogP contribution in [0.15, 0.2) is 12.2 Å². The van der Waals surface area contributed by atoms with Crippen molar-refractivity contribution in [3.05, 3.63) is 12.2 Å². The third-order valence-corrected chi connectivity index (χ3v) is 10.6. The first-order valence-corrected chi connectivity index (χ1v) is 13.2. The molecule has 0 aliphatic heterocycles. The number of rotatable bonds is 5. The molecule has 1 heteroatoms. The minimum absolute atomic E-state index is 0.00272. The minimum Gasteiger partial charge on any atom is -0.393 e. The molecule has 29 heavy (non-hydrogen) atoms. The Labute approximate surface area is 181 Å². The molecule has 0 unspecified atom stereocenters. The molecule has 0 aromatic rings. The second kappa shape index (κ2) is 8.68. The Hall–Kier alpha value is -0.300. The zero-order valence-electron chi connectivity index (χ0n) is 19.9. The number of aliphatic hydroxyl groups is 1. The molecule has 0 heterocycles. The van der Waals surface area contributed by atoms with Crippen molar-refractivity contribution in [2.75, 3.05) is 0 Å². The first-order chi connectivity index (χ1) is 13.8. The molecule has 0 bridgehead atoms. The van der Waals surface area contributed by atoms with E-state index in [2.05, 4.69) is 46.8 Å². The fourth-order valence-electron chi connectivity index (χ4n) is 9.01. The highest BCUT2D eigenvalue weighted by Crippen LogP contribution is 2.65. The highest BCUT2D eigenvalue weighted by Gasteiger charge is 2.57. The van der Waals surface area contributed by atoms with Gasteiger partial charge in [-0.2, -0.15) is 0 Å². The van der Waals surface area contributed by atoms with Crippen LogP contribution < -0.4 is 0 Å². The van der Waals surface area contributed by atoms with E-state index in [1.54, 1.807) is 0 Å². The third kappa shape index (κ3) is 3.99. The Morgan fingerprint density at radius 1 is 0.897 bits per heavy atom. The van der Waals surface area contributed by atoms with Gasteiger partial charge in [0.05, 0.1) is 6.10 Å². The van der Waals surface area contributed by atoms with Crippen LogP contribution in [0.2, 0.25) is 0 Å². The molecule has 0 amide bonds. The first-order valence-electron chi connectivity index (χ1n) is 13.2. The van der Waals surface area contributed by atoms with E-state index in [0.717, 1.165) is 66.1 Å². The van der Waals surface area contributed by atoms with Gasteiger partial charge in [0.15, 0.2) is 0 Å². The van der Waals surface area contributed by atoms with Gasteiger partial charge in [0.25, 0.3) is 0 Å². The van der Waals surface area contributed by atoms with E-state index in [0.29, 0.717) is 5.41 Å². The average Bonchev–Trinajstić information content (AvgIpc) is 3.05. The van der Waals surface area contributed by atoms with Gasteiger partial charge in [0.2, 0.25) is 0 Å². The molecule has 0 aromatic heterocycles. The largest absolute Gasteiger partial charge is 0.393 e. The van der Waals surface area contributed by atoms with Gasteiger partial charge in [0, 0.05) is 0 Å². The van der Waals surface area contributed by atoms with Gasteiger partial charge >= 0.3 is 0 Å². The van der Waals surface area contributed by atoms with Crippen molar-refractivity contribution in [2.24, 2.45) is 58.7 Å². The van der Waals surface area contributed by atoms with E-state index in [1.807, 2.05) is 0 Å². The molecule has 0 aromatic carbocycles. The van der Waals surface area contributed by atoms with Crippen molar-refractivity contribution < 1.29 is 5.11 Å². The van der Waals surface area contributed by atoms with Gasteiger partial charge in [-0.3, -0.25) is 0 Å². The summed E-state index contributed by atoms with van der Waals surface area (Å²) in [5.41, 5.74) is 0.575. The summed E-state index contributed by atoms with van der Waals surface area (Å²) in [6, 6.07) is 0. The van der Waals surface area contributed by atoms with Gasteiger partial charge < -0.3 is 5.11 Å². The molecule has 1 nitrogen and oxygen atoms in total. The monoisotopic (exact) mass is 400 g/mol. The standard InChI is InChI=1S/C28H48O/c1-6-20(18(2)3)8-7-19(4)26-13-14-27-25-11-9-21-17-22(29)10-12-23(21)24(25)15-16-28(26,27)5/h7-8,18-27,29H,6,9-17H2,1-5H3/b8-7+/t19-,20-,21+,22+,23+,24-,25-,26-,27-,28-/m1/s1. The van der Waals surface area contributed by atoms with Gasteiger partial charge in [-0.05, 0) is 123 Å². The van der Waals surface area contributed by atoms with Crippen LogP contribution in [-0.4, -0.2) is 11.2 Å². The van der Waals surface area contributed by atoms with Gasteiger partial charge in [-0.15, -0.1) is 0 Å². The van der Waals surface area contributed by atoms with E-state index >= 15 is 0 Å². The SMILES string of the molecule is CC[C@H](/C=C/[C@@H](C)[C@H]1CC[C@@H]2[C@@H]3CC[C@H]4C[C@@H](O)CC[C@@H]4[C@H]3CC[C@@]21C)C(C)C. The summed E-state index contributed by atoms with van der Waals surface area (Å²) in [4.78, 5) is 0. The number of allylic oxidation sites excluding steroid dienone is 2. The van der Waals surface area contributed by atoms with E-state index < -0.39 is 0 Å². The molecule has 0 saturated heterocycles. The first kappa shape index (κ1) is 21.9. The van der Waals surface area contributed by atoms with Crippen molar-refractivity contribution in [3.63, 3.8) is 0 Å². The zero-order chi connectivity index (χ0) is 20.8. The highest BCUT2D eigenvalue weighted by atomic mass is 16.3. The quantitative estimate of drug-likeness (QED) is 0.474. The molecule has 4 aliphatic rings. The zero-order valence-corrected chi connectivity index (χ0v) is 19.9. The van der Waals surface area contributed by atoms with Crippen LogP contribution in [0.3, 0.4) is 0 Å². The molecule has 166 valence electrons. The minimum atomic E-state index is 0.00272. The summed E-state index contributed by atoms with van der Waals surface area (Å²) in [5.74, 6) is 7.85. The number of hydrogen-bond acceptors (Lipinski definition) is 1. The van der Waals surface area contributed by atoms with Crippen molar-refractivity contribution in [3.8, 4) is 0 Å². The van der Waals surface area contributed by atoms with E-state index in [9.17, 15) is 5.11 Å². The molecular formula is C28H48O. The maximum Gasteiger partial charge on any atom is 0.0543 e. The molecule has 4 saturated carbocycles. The van der Waals surface area contributed by atoms with Crippen molar-refractivity contribution in [1.29, 1.82) is 0 Å². The third-order valence-electron chi connectivity index (χ3n) is 10.6. The fourth-order valence-corrected chi connectivity index (χ4v) is 9.01. The molecule has 0 radical (unpaired) electrons. The van der Waals surface area contributed by atoms with Crippen LogP contribution in [0, 0.1) is 58.7 Å². The Balaban J connectivity index is 1.46. The summed E-state index contributed by atoms with van der Waals surface area (Å²) >= 11 is 0. The topological polar surface area (TPSA) is 20.2 Å². The summed E-state index contributed by atoms with van der Waals surface area (Å²) < 4.78 is 0. The van der Waals surface area contributed by atoms with Crippen molar-refractivity contribution in [2.45, 2.75) is 105 Å². The van der Waals surface area contributed by atoms with E-state index in [-0.39, 0.29) is 6.10 Å². The molecule has 1 N–H and O–H groups in total. The average molecular weight is 401 g/mol. The van der Waals surface area contributed by atoms with E-state index in [1.165, 1.54) is 51.4 Å². The van der Waals surface area contributed by atoms with Crippen LogP contribution in [0.5, 0.6) is 0 Å². The van der Waals surface area contributed by atoms with Crippen LogP contribution in [0.4, 0.5) is 0 Å². The Morgan fingerprint density at radius 2 is 1.66 bits per heavy atom. The molecule has 4 rings (SSSR count). The lowest BCUT2D eigenvalue weighted by molar-refractivity contribution is -0.0800. The summed E-state index contributed by atoms with van der Waals surface area (Å²) in [6.07, 6.45) is 18.7. The van der Waals surface area contributed by atoms with Gasteiger partial charge in [-0.25, -0.2) is 0 Å². The van der Waals surface area contributed by atoms with Crippen molar-refractivity contribution >= 4 is 0 Å². The second-order valence-corrected chi connectivity index (χ2v) is 12.2. The molecule has 4 fully saturated rings. The molecular weight excluding hydrogens is 352 g/mol. The normalized spacial score (nSPS) is 46.9. The number of fused-ring (bicyclic) bond motifs is 5. The second-order valence-electron chi connectivity index (χ2n) is 12.2. The maximum absolute atomic E-state index is 10.2. The Morgan fingerprint density at radius 3 is 2.38 bits per heavy atom. The Kier molecular flexibility index (Phi) is 6.56. The van der Waals surface area contributed by atoms with Crippen molar-refractivity contribution in [1.82, 2.24) is 0 Å². The lowest BCUT2D eigenvalue weighted by Crippen LogP contribution is -2.49. The molecule has 10 atom stereocenters.